The van der Waals surface area contributed by atoms with Crippen LogP contribution in [0, 0.1) is 0 Å². The Hall–Kier alpha value is -3.05. The topological polar surface area (TPSA) is 61.8 Å². The molecule has 3 aromatic rings. The van der Waals surface area contributed by atoms with Gasteiger partial charge in [-0.2, -0.15) is 0 Å². The molecular weight excluding hydrogens is 352 g/mol. The maximum Gasteiger partial charge on any atom is 0.335 e. The lowest BCUT2D eigenvalue weighted by molar-refractivity contribution is 0.0696. The summed E-state index contributed by atoms with van der Waals surface area (Å²) in [5.74, 6) is -0.147. The molecule has 3 aromatic carbocycles. The van der Waals surface area contributed by atoms with Gasteiger partial charge in [0, 0.05) is 36.7 Å². The zero-order valence-corrected chi connectivity index (χ0v) is 15.9. The van der Waals surface area contributed by atoms with Crippen molar-refractivity contribution in [2.45, 2.75) is 19.6 Å². The van der Waals surface area contributed by atoms with E-state index in [0.29, 0.717) is 12.6 Å². The molecule has 1 atom stereocenters. The molecule has 0 aromatic heterocycles. The number of carboxylic acid groups (broad SMARTS) is 1. The Labute approximate surface area is 164 Å². The van der Waals surface area contributed by atoms with Crippen LogP contribution in [0.4, 0.5) is 5.69 Å². The molecule has 0 radical (unpaired) electrons. The van der Waals surface area contributed by atoms with Crippen LogP contribution in [0.25, 0.3) is 10.8 Å². The first kappa shape index (κ1) is 18.3. The molecule has 1 saturated heterocycles. The van der Waals surface area contributed by atoms with Gasteiger partial charge in [0.25, 0.3) is 0 Å². The predicted octanol–water partition coefficient (Wildman–Crippen LogP) is 3.92. The molecule has 0 bridgehead atoms. The molecule has 1 aliphatic rings. The predicted molar refractivity (Wildman–Crippen MR) is 111 cm³/mol. The molecule has 1 aliphatic heterocycles. The molecule has 0 amide bonds. The lowest BCUT2D eigenvalue weighted by Gasteiger charge is -2.36. The van der Waals surface area contributed by atoms with Crippen LogP contribution < -0.4 is 15.0 Å². The summed E-state index contributed by atoms with van der Waals surface area (Å²) < 4.78 is 5.98. The van der Waals surface area contributed by atoms with Crippen molar-refractivity contribution >= 4 is 22.4 Å². The van der Waals surface area contributed by atoms with Crippen LogP contribution >= 0.6 is 0 Å². The second-order valence-electron chi connectivity index (χ2n) is 7.20. The van der Waals surface area contributed by atoms with Crippen LogP contribution in [0.1, 0.15) is 22.8 Å². The van der Waals surface area contributed by atoms with Gasteiger partial charge in [-0.3, -0.25) is 0 Å². The van der Waals surface area contributed by atoms with Gasteiger partial charge in [0.2, 0.25) is 0 Å². The Bertz CT molecular complexity index is 1000. The lowest BCUT2D eigenvalue weighted by atomic mass is 10.1. The fraction of sp³-hybridized carbons (Fsp3) is 0.261. The summed E-state index contributed by atoms with van der Waals surface area (Å²) in [4.78, 5) is 13.6. The van der Waals surface area contributed by atoms with E-state index in [1.807, 2.05) is 12.1 Å². The van der Waals surface area contributed by atoms with Gasteiger partial charge in [-0.15, -0.1) is 0 Å². The highest BCUT2D eigenvalue weighted by atomic mass is 16.5. The van der Waals surface area contributed by atoms with E-state index in [1.165, 1.54) is 16.5 Å². The number of piperazine rings is 1. The zero-order valence-electron chi connectivity index (χ0n) is 15.9. The SMILES string of the molecule is CC1CNCCN1c1cccc2ccc(OCc3cccc(C(=O)O)c3)cc12. The van der Waals surface area contributed by atoms with E-state index >= 15 is 0 Å². The number of nitrogens with zero attached hydrogens (tertiary/aromatic N) is 1. The first-order valence-corrected chi connectivity index (χ1v) is 9.57. The number of fused-ring (bicyclic) bond motifs is 1. The molecule has 0 saturated carbocycles. The number of nitrogens with one attached hydrogen (secondary N) is 1. The molecule has 5 nitrogen and oxygen atoms in total. The highest BCUT2D eigenvalue weighted by Gasteiger charge is 2.20. The zero-order chi connectivity index (χ0) is 19.5. The highest BCUT2D eigenvalue weighted by molar-refractivity contribution is 5.95. The average Bonchev–Trinajstić information content (AvgIpc) is 2.72. The second kappa shape index (κ2) is 7.90. The lowest BCUT2D eigenvalue weighted by Crippen LogP contribution is -2.50. The van der Waals surface area contributed by atoms with E-state index < -0.39 is 5.97 Å². The molecule has 0 spiro atoms. The summed E-state index contributed by atoms with van der Waals surface area (Å²) in [5, 5.41) is 14.9. The van der Waals surface area contributed by atoms with E-state index in [2.05, 4.69) is 47.5 Å². The number of ether oxygens (including phenoxy) is 1. The third-order valence-electron chi connectivity index (χ3n) is 5.22. The summed E-state index contributed by atoms with van der Waals surface area (Å²) in [5.41, 5.74) is 2.34. The molecule has 1 unspecified atom stereocenters. The van der Waals surface area contributed by atoms with Crippen LogP contribution in [0.3, 0.4) is 0 Å². The number of rotatable bonds is 5. The van der Waals surface area contributed by atoms with E-state index in [-0.39, 0.29) is 5.56 Å². The van der Waals surface area contributed by atoms with E-state index in [0.717, 1.165) is 30.9 Å². The smallest absolute Gasteiger partial charge is 0.335 e. The molecule has 144 valence electrons. The Kier molecular flexibility index (Phi) is 5.17. The van der Waals surface area contributed by atoms with Gasteiger partial charge in [-0.25, -0.2) is 4.79 Å². The van der Waals surface area contributed by atoms with Crippen molar-refractivity contribution in [3.8, 4) is 5.75 Å². The second-order valence-corrected chi connectivity index (χ2v) is 7.20. The molecule has 5 heteroatoms. The minimum Gasteiger partial charge on any atom is -0.489 e. The number of carboxylic acids is 1. The quantitative estimate of drug-likeness (QED) is 0.707. The molecule has 2 N–H and O–H groups in total. The minimum atomic E-state index is -0.928. The van der Waals surface area contributed by atoms with Crippen molar-refractivity contribution in [1.82, 2.24) is 5.32 Å². The van der Waals surface area contributed by atoms with Crippen molar-refractivity contribution in [2.24, 2.45) is 0 Å². The first-order valence-electron chi connectivity index (χ1n) is 9.57. The van der Waals surface area contributed by atoms with E-state index in [4.69, 9.17) is 9.84 Å². The molecule has 0 aliphatic carbocycles. The monoisotopic (exact) mass is 376 g/mol. The van der Waals surface area contributed by atoms with Crippen LogP contribution in [0.5, 0.6) is 5.75 Å². The van der Waals surface area contributed by atoms with E-state index in [9.17, 15) is 4.79 Å². The van der Waals surface area contributed by atoms with Crippen LogP contribution in [0.15, 0.2) is 60.7 Å². The number of aromatic carboxylic acids is 1. The number of carbonyl (C=O) groups is 1. The first-order chi connectivity index (χ1) is 13.6. The van der Waals surface area contributed by atoms with Gasteiger partial charge < -0.3 is 20.1 Å². The van der Waals surface area contributed by atoms with Gasteiger partial charge in [0.15, 0.2) is 0 Å². The summed E-state index contributed by atoms with van der Waals surface area (Å²) in [6, 6.07) is 19.8. The number of benzene rings is 3. The van der Waals surface area contributed by atoms with Crippen molar-refractivity contribution in [3.63, 3.8) is 0 Å². The minimum absolute atomic E-state index is 0.273. The molecule has 1 fully saturated rings. The number of anilines is 1. The van der Waals surface area contributed by atoms with Gasteiger partial charge in [0.05, 0.1) is 5.56 Å². The maximum atomic E-state index is 11.1. The van der Waals surface area contributed by atoms with Crippen LogP contribution in [-0.2, 0) is 6.61 Å². The van der Waals surface area contributed by atoms with Crippen LogP contribution in [0.2, 0.25) is 0 Å². The van der Waals surface area contributed by atoms with Gasteiger partial charge >= 0.3 is 5.97 Å². The Morgan fingerprint density at radius 3 is 2.86 bits per heavy atom. The maximum absolute atomic E-state index is 11.1. The Morgan fingerprint density at radius 2 is 2.04 bits per heavy atom. The molecule has 28 heavy (non-hydrogen) atoms. The summed E-state index contributed by atoms with van der Waals surface area (Å²) >= 11 is 0. The fourth-order valence-electron chi connectivity index (χ4n) is 3.74. The summed E-state index contributed by atoms with van der Waals surface area (Å²) in [6.45, 7) is 5.51. The van der Waals surface area contributed by atoms with Crippen molar-refractivity contribution in [1.29, 1.82) is 0 Å². The van der Waals surface area contributed by atoms with Gasteiger partial charge in [-0.1, -0.05) is 30.3 Å². The van der Waals surface area contributed by atoms with Gasteiger partial charge in [-0.05, 0) is 48.2 Å². The summed E-state index contributed by atoms with van der Waals surface area (Å²) in [7, 11) is 0. The van der Waals surface area contributed by atoms with Crippen molar-refractivity contribution in [2.75, 3.05) is 24.5 Å². The Morgan fingerprint density at radius 1 is 1.18 bits per heavy atom. The van der Waals surface area contributed by atoms with Gasteiger partial charge in [0.1, 0.15) is 12.4 Å². The third-order valence-corrected chi connectivity index (χ3v) is 5.22. The fourth-order valence-corrected chi connectivity index (χ4v) is 3.74. The number of hydrogen-bond donors (Lipinski definition) is 2. The highest BCUT2D eigenvalue weighted by Crippen LogP contribution is 2.32. The molecule has 4 rings (SSSR count). The normalized spacial score (nSPS) is 16.9. The molecule has 1 heterocycles. The molecular formula is C23H24N2O3. The standard InChI is InChI=1S/C23H24N2O3/c1-16-14-24-10-11-25(16)22-7-3-5-18-8-9-20(13-21(18)22)28-15-17-4-2-6-19(12-17)23(26)27/h2-9,12-13,16,24H,10-11,14-15H2,1H3,(H,26,27). The average molecular weight is 376 g/mol. The largest absolute Gasteiger partial charge is 0.489 e. The third kappa shape index (κ3) is 3.80. The van der Waals surface area contributed by atoms with Crippen LogP contribution in [-0.4, -0.2) is 36.8 Å². The van der Waals surface area contributed by atoms with E-state index in [1.54, 1.807) is 18.2 Å². The van der Waals surface area contributed by atoms with Crippen molar-refractivity contribution in [3.05, 3.63) is 71.8 Å². The number of hydrogen-bond acceptors (Lipinski definition) is 4. The van der Waals surface area contributed by atoms with Crippen molar-refractivity contribution < 1.29 is 14.6 Å². The summed E-state index contributed by atoms with van der Waals surface area (Å²) in [6.07, 6.45) is 0. The Balaban J connectivity index is 1.59.